The van der Waals surface area contributed by atoms with E-state index in [1.807, 2.05) is 24.3 Å². The number of thiazole rings is 1. The molecule has 2 amide bonds. The average molecular weight is 342 g/mol. The van der Waals surface area contributed by atoms with Crippen molar-refractivity contribution in [2.75, 3.05) is 16.8 Å². The largest absolute Gasteiger partial charge is 0.311 e. The van der Waals surface area contributed by atoms with Crippen molar-refractivity contribution in [3.8, 4) is 0 Å². The van der Waals surface area contributed by atoms with E-state index < -0.39 is 0 Å². The first-order valence-corrected chi connectivity index (χ1v) is 8.41. The number of para-hydroxylation sites is 1. The fourth-order valence-electron chi connectivity index (χ4n) is 2.63. The fraction of sp³-hybridized carbons (Fsp3) is 0.0667. The van der Waals surface area contributed by atoms with E-state index in [1.165, 1.54) is 21.1 Å². The summed E-state index contributed by atoms with van der Waals surface area (Å²) in [5, 5.41) is 10.3. The van der Waals surface area contributed by atoms with Crippen LogP contribution < -0.4 is 9.80 Å². The summed E-state index contributed by atoms with van der Waals surface area (Å²) < 4.78 is 0. The highest BCUT2D eigenvalue weighted by molar-refractivity contribution is 8.19. The molecule has 2 aliphatic rings. The van der Waals surface area contributed by atoms with Crippen LogP contribution in [0.4, 0.5) is 10.8 Å². The Morgan fingerprint density at radius 3 is 2.70 bits per heavy atom. The zero-order valence-corrected chi connectivity index (χ0v) is 13.6. The van der Waals surface area contributed by atoms with E-state index in [1.54, 1.807) is 18.6 Å². The molecule has 1 N–H and O–H groups in total. The number of aromatic nitrogens is 1. The van der Waals surface area contributed by atoms with Crippen LogP contribution in [-0.2, 0) is 9.59 Å². The van der Waals surface area contributed by atoms with E-state index >= 15 is 0 Å². The van der Waals surface area contributed by atoms with Crippen molar-refractivity contribution in [2.24, 2.45) is 0 Å². The van der Waals surface area contributed by atoms with E-state index in [-0.39, 0.29) is 21.9 Å². The molecule has 0 bridgehead atoms. The highest BCUT2D eigenvalue weighted by Crippen LogP contribution is 2.44. The van der Waals surface area contributed by atoms with Crippen molar-refractivity contribution >= 4 is 56.5 Å². The molecule has 0 spiro atoms. The van der Waals surface area contributed by atoms with Crippen LogP contribution in [0.15, 0.2) is 40.7 Å². The highest BCUT2D eigenvalue weighted by Gasteiger charge is 2.42. The number of rotatable bonds is 1. The summed E-state index contributed by atoms with van der Waals surface area (Å²) in [4.78, 5) is 32.5. The summed E-state index contributed by atoms with van der Waals surface area (Å²) >= 11 is 2.29. The Labute approximate surface area is 139 Å². The predicted molar refractivity (Wildman–Crippen MR) is 91.7 cm³/mol. The summed E-state index contributed by atoms with van der Waals surface area (Å²) in [6.07, 6.45) is 1.58. The molecule has 1 fully saturated rings. The normalized spacial score (nSPS) is 20.7. The van der Waals surface area contributed by atoms with Crippen molar-refractivity contribution in [1.29, 1.82) is 5.41 Å². The number of nitrogens with one attached hydrogen (secondary N) is 1. The second-order valence-electron chi connectivity index (χ2n) is 4.95. The van der Waals surface area contributed by atoms with Crippen LogP contribution in [0.2, 0.25) is 0 Å². The van der Waals surface area contributed by atoms with Gasteiger partial charge >= 0.3 is 0 Å². The van der Waals surface area contributed by atoms with Gasteiger partial charge in [0, 0.05) is 24.2 Å². The SMILES string of the molecule is CN1C(=O)C(=C2SC(=N)N(c3nccs3)C2=O)c2ccccc21. The molecule has 1 aromatic heterocycles. The molecule has 0 saturated carbocycles. The van der Waals surface area contributed by atoms with E-state index in [0.29, 0.717) is 10.7 Å². The Bertz CT molecular complexity index is 889. The smallest absolute Gasteiger partial charge is 0.274 e. The number of nitrogens with zero attached hydrogens (tertiary/aromatic N) is 3. The number of anilines is 2. The summed E-state index contributed by atoms with van der Waals surface area (Å²) in [6.45, 7) is 0. The van der Waals surface area contributed by atoms with Gasteiger partial charge in [-0.2, -0.15) is 0 Å². The molecule has 1 aromatic carbocycles. The third kappa shape index (κ3) is 1.95. The van der Waals surface area contributed by atoms with Crippen LogP contribution in [0.5, 0.6) is 0 Å². The molecule has 0 radical (unpaired) electrons. The molecule has 1 saturated heterocycles. The number of likely N-dealkylation sites (N-methyl/N-ethyl adjacent to an activating group) is 1. The molecule has 23 heavy (non-hydrogen) atoms. The van der Waals surface area contributed by atoms with Crippen molar-refractivity contribution in [3.05, 3.63) is 46.3 Å². The van der Waals surface area contributed by atoms with Gasteiger partial charge in [-0.05, 0) is 17.8 Å². The number of carbonyl (C=O) groups excluding carboxylic acids is 2. The molecule has 0 atom stereocenters. The lowest BCUT2D eigenvalue weighted by Gasteiger charge is -2.09. The molecular weight excluding hydrogens is 332 g/mol. The molecule has 2 aliphatic heterocycles. The van der Waals surface area contributed by atoms with Gasteiger partial charge in [-0.3, -0.25) is 15.0 Å². The fourth-order valence-corrected chi connectivity index (χ4v) is 4.26. The van der Waals surface area contributed by atoms with Crippen molar-refractivity contribution < 1.29 is 9.59 Å². The van der Waals surface area contributed by atoms with Crippen LogP contribution in [0.25, 0.3) is 5.57 Å². The second-order valence-corrected chi connectivity index (χ2v) is 6.82. The van der Waals surface area contributed by atoms with Crippen LogP contribution in [0, 0.1) is 5.41 Å². The number of carbonyl (C=O) groups is 2. The van der Waals surface area contributed by atoms with Gasteiger partial charge in [0.05, 0.1) is 16.2 Å². The Morgan fingerprint density at radius 1 is 1.17 bits per heavy atom. The van der Waals surface area contributed by atoms with Crippen molar-refractivity contribution in [2.45, 2.75) is 0 Å². The molecule has 6 nitrogen and oxygen atoms in total. The predicted octanol–water partition coefficient (Wildman–Crippen LogP) is 2.55. The molecule has 0 unspecified atom stereocenters. The topological polar surface area (TPSA) is 77.4 Å². The molecule has 0 aliphatic carbocycles. The van der Waals surface area contributed by atoms with Crippen LogP contribution in [0.3, 0.4) is 0 Å². The van der Waals surface area contributed by atoms with Gasteiger partial charge in [-0.15, -0.1) is 11.3 Å². The van der Waals surface area contributed by atoms with Gasteiger partial charge in [-0.25, -0.2) is 9.88 Å². The van der Waals surface area contributed by atoms with E-state index in [0.717, 1.165) is 23.0 Å². The maximum absolute atomic E-state index is 12.8. The Kier molecular flexibility index (Phi) is 3.10. The van der Waals surface area contributed by atoms with Crippen molar-refractivity contribution in [1.82, 2.24) is 4.98 Å². The lowest BCUT2D eigenvalue weighted by Crippen LogP contribution is -2.28. The third-order valence-corrected chi connectivity index (χ3v) is 5.41. The lowest BCUT2D eigenvalue weighted by molar-refractivity contribution is -0.115. The molecule has 114 valence electrons. The summed E-state index contributed by atoms with van der Waals surface area (Å²) in [5.41, 5.74) is 1.86. The maximum Gasteiger partial charge on any atom is 0.274 e. The first-order chi connectivity index (χ1) is 11.1. The number of hydrogen-bond donors (Lipinski definition) is 1. The quantitative estimate of drug-likeness (QED) is 0.808. The van der Waals surface area contributed by atoms with Crippen LogP contribution in [0.1, 0.15) is 5.56 Å². The molecule has 8 heteroatoms. The maximum atomic E-state index is 12.8. The Balaban J connectivity index is 1.88. The van der Waals surface area contributed by atoms with Crippen LogP contribution in [-0.4, -0.2) is 29.0 Å². The van der Waals surface area contributed by atoms with Crippen LogP contribution >= 0.6 is 23.1 Å². The number of amides is 2. The van der Waals surface area contributed by atoms with Gasteiger partial charge < -0.3 is 4.90 Å². The van der Waals surface area contributed by atoms with Gasteiger partial charge in [0.1, 0.15) is 0 Å². The molecule has 3 heterocycles. The Morgan fingerprint density at radius 2 is 1.96 bits per heavy atom. The molecule has 4 rings (SSSR count). The minimum atomic E-state index is -0.372. The number of hydrogen-bond acceptors (Lipinski definition) is 6. The first-order valence-electron chi connectivity index (χ1n) is 6.71. The number of fused-ring (bicyclic) bond motifs is 1. The highest BCUT2D eigenvalue weighted by atomic mass is 32.2. The monoisotopic (exact) mass is 342 g/mol. The number of benzene rings is 1. The zero-order chi connectivity index (χ0) is 16.1. The lowest BCUT2D eigenvalue weighted by atomic mass is 10.1. The second kappa shape index (κ2) is 5.04. The standard InChI is InChI=1S/C15H10N4O2S2/c1-18-9-5-3-2-4-8(9)10(12(18)20)11-13(21)19(14(16)23-11)15-17-6-7-22-15/h2-7,16H,1H3. The van der Waals surface area contributed by atoms with Gasteiger partial charge in [0.15, 0.2) is 10.3 Å². The summed E-state index contributed by atoms with van der Waals surface area (Å²) in [6, 6.07) is 7.35. The van der Waals surface area contributed by atoms with Crippen molar-refractivity contribution in [3.63, 3.8) is 0 Å². The molecule has 2 aromatic rings. The average Bonchev–Trinajstić information content (AvgIpc) is 3.21. The van der Waals surface area contributed by atoms with E-state index in [9.17, 15) is 9.59 Å². The summed E-state index contributed by atoms with van der Waals surface area (Å²) in [7, 11) is 1.68. The van der Waals surface area contributed by atoms with Gasteiger partial charge in [0.2, 0.25) is 0 Å². The van der Waals surface area contributed by atoms with E-state index in [2.05, 4.69) is 4.98 Å². The minimum absolute atomic E-state index is 0.0623. The van der Waals surface area contributed by atoms with Gasteiger partial charge in [0.25, 0.3) is 11.8 Å². The number of amidine groups is 1. The number of thioether (sulfide) groups is 1. The first kappa shape index (κ1) is 14.2. The van der Waals surface area contributed by atoms with Gasteiger partial charge in [-0.1, -0.05) is 18.2 Å². The summed E-state index contributed by atoms with van der Waals surface area (Å²) in [5.74, 6) is -0.598. The van der Waals surface area contributed by atoms with E-state index in [4.69, 9.17) is 5.41 Å². The zero-order valence-electron chi connectivity index (χ0n) is 11.9. The Hall–Kier alpha value is -2.45. The third-order valence-electron chi connectivity index (χ3n) is 3.69. The minimum Gasteiger partial charge on any atom is -0.311 e. The molecular formula is C15H10N4O2S2.